The summed E-state index contributed by atoms with van der Waals surface area (Å²) in [5.41, 5.74) is 0. The topological polar surface area (TPSA) is 57.6 Å². The quantitative estimate of drug-likeness (QED) is 0.441. The summed E-state index contributed by atoms with van der Waals surface area (Å²) in [6.45, 7) is 1.27. The summed E-state index contributed by atoms with van der Waals surface area (Å²) in [5, 5.41) is 0. The van der Waals surface area contributed by atoms with Gasteiger partial charge in [-0.25, -0.2) is 4.21 Å². The van der Waals surface area contributed by atoms with Crippen LogP contribution < -0.4 is 0 Å². The number of likely N-dealkylation sites (tertiary alicyclic amines) is 1. The molecule has 1 unspecified atom stereocenters. The summed E-state index contributed by atoms with van der Waals surface area (Å²) in [4.78, 5) is 11.8. The van der Waals surface area contributed by atoms with Crippen LogP contribution in [0.15, 0.2) is 0 Å². The minimum atomic E-state index is -1.75. The molecule has 1 heterocycles. The van der Waals surface area contributed by atoms with Crippen LogP contribution in [0, 0.1) is 5.92 Å². The molecule has 0 saturated carbocycles. The van der Waals surface area contributed by atoms with Crippen LogP contribution >= 0.6 is 0 Å². The van der Waals surface area contributed by atoms with Crippen LogP contribution in [0.3, 0.4) is 0 Å². The predicted molar refractivity (Wildman–Crippen MR) is 36.8 cm³/mol. The largest absolute Gasteiger partial charge is 0.305 e. The van der Waals surface area contributed by atoms with Crippen molar-refractivity contribution in [3.8, 4) is 0 Å². The van der Waals surface area contributed by atoms with E-state index < -0.39 is 11.1 Å². The first-order valence-corrected chi connectivity index (χ1v) is 4.25. The van der Waals surface area contributed by atoms with Crippen molar-refractivity contribution in [2.75, 3.05) is 19.0 Å². The highest BCUT2D eigenvalue weighted by Gasteiger charge is 2.26. The summed E-state index contributed by atoms with van der Waals surface area (Å²) >= 11 is -1.75. The van der Waals surface area contributed by atoms with Gasteiger partial charge in [0.05, 0.1) is 0 Å². The lowest BCUT2D eigenvalue weighted by Crippen LogP contribution is -2.48. The molecule has 0 amide bonds. The van der Waals surface area contributed by atoms with Crippen molar-refractivity contribution in [1.82, 2.24) is 4.90 Å². The molecule has 1 rings (SSSR count). The molecule has 0 radical (unpaired) electrons. The second-order valence-electron chi connectivity index (χ2n) is 2.38. The van der Waals surface area contributed by atoms with Crippen molar-refractivity contribution in [2.45, 2.75) is 0 Å². The maximum atomic E-state index is 10.2. The van der Waals surface area contributed by atoms with Gasteiger partial charge in [0.1, 0.15) is 12.2 Å². The molecule has 1 fully saturated rings. The number of carbonyl (C=O) groups is 1. The van der Waals surface area contributed by atoms with E-state index in [2.05, 4.69) is 0 Å². The Bertz CT molecular complexity index is 155. The summed E-state index contributed by atoms with van der Waals surface area (Å²) in [5.74, 6) is 0.258. The van der Waals surface area contributed by atoms with Gasteiger partial charge < -0.3 is 9.35 Å². The summed E-state index contributed by atoms with van der Waals surface area (Å²) < 4.78 is 18.6. The van der Waals surface area contributed by atoms with Gasteiger partial charge in [-0.15, -0.1) is 0 Å². The lowest BCUT2D eigenvalue weighted by Gasteiger charge is -2.34. The number of rotatable bonds is 3. The van der Waals surface area contributed by atoms with Crippen molar-refractivity contribution < 1.29 is 13.6 Å². The smallest absolute Gasteiger partial charge is 0.167 e. The van der Waals surface area contributed by atoms with Crippen LogP contribution in [0.4, 0.5) is 0 Å². The SMILES string of the molecule is O=CC1CN(CS(=O)O)C1. The number of carbonyl (C=O) groups excluding carboxylic acids is 1. The highest BCUT2D eigenvalue weighted by atomic mass is 32.2. The Balaban J connectivity index is 2.14. The summed E-state index contributed by atoms with van der Waals surface area (Å²) in [6.07, 6.45) is 0.886. The Hall–Kier alpha value is -0.260. The number of aldehydes is 1. The van der Waals surface area contributed by atoms with Crippen LogP contribution in [0.2, 0.25) is 0 Å². The molecule has 0 aromatic heterocycles. The third-order valence-electron chi connectivity index (χ3n) is 1.47. The second-order valence-corrected chi connectivity index (χ2v) is 3.28. The lowest BCUT2D eigenvalue weighted by molar-refractivity contribution is -0.115. The van der Waals surface area contributed by atoms with Crippen LogP contribution in [0.1, 0.15) is 0 Å². The van der Waals surface area contributed by atoms with Crippen LogP contribution in [-0.4, -0.2) is 38.9 Å². The molecular weight excluding hydrogens is 154 g/mol. The fraction of sp³-hybridized carbons (Fsp3) is 0.800. The maximum Gasteiger partial charge on any atom is 0.167 e. The van der Waals surface area contributed by atoms with E-state index in [1.807, 2.05) is 0 Å². The maximum absolute atomic E-state index is 10.2. The zero-order valence-electron chi connectivity index (χ0n) is 5.40. The summed E-state index contributed by atoms with van der Waals surface area (Å²) in [6, 6.07) is 0. The molecule has 10 heavy (non-hydrogen) atoms. The Morgan fingerprint density at radius 1 is 1.70 bits per heavy atom. The highest BCUT2D eigenvalue weighted by molar-refractivity contribution is 7.79. The number of hydrogen-bond donors (Lipinski definition) is 1. The van der Waals surface area contributed by atoms with Crippen molar-refractivity contribution in [3.05, 3.63) is 0 Å². The van der Waals surface area contributed by atoms with E-state index in [0.717, 1.165) is 6.29 Å². The van der Waals surface area contributed by atoms with Gasteiger partial charge in [-0.05, 0) is 0 Å². The van der Waals surface area contributed by atoms with Crippen molar-refractivity contribution in [2.24, 2.45) is 5.92 Å². The van der Waals surface area contributed by atoms with E-state index in [4.69, 9.17) is 4.55 Å². The van der Waals surface area contributed by atoms with Gasteiger partial charge in [-0.1, -0.05) is 0 Å². The van der Waals surface area contributed by atoms with E-state index in [-0.39, 0.29) is 11.8 Å². The fourth-order valence-electron chi connectivity index (χ4n) is 0.957. The molecule has 1 aliphatic rings. The first-order chi connectivity index (χ1) is 4.72. The van der Waals surface area contributed by atoms with Crippen LogP contribution in [-0.2, 0) is 15.9 Å². The molecule has 0 aromatic carbocycles. The normalized spacial score (nSPS) is 23.7. The molecule has 0 aliphatic carbocycles. The van der Waals surface area contributed by atoms with Crippen LogP contribution in [0.25, 0.3) is 0 Å². The van der Waals surface area contributed by atoms with Gasteiger partial charge in [-0.2, -0.15) is 0 Å². The molecule has 0 spiro atoms. The molecule has 5 heteroatoms. The Morgan fingerprint density at radius 2 is 2.30 bits per heavy atom. The first kappa shape index (κ1) is 7.84. The van der Waals surface area contributed by atoms with E-state index in [0.29, 0.717) is 13.1 Å². The average molecular weight is 163 g/mol. The van der Waals surface area contributed by atoms with Gasteiger partial charge in [0.25, 0.3) is 0 Å². The zero-order chi connectivity index (χ0) is 7.56. The molecule has 0 bridgehead atoms. The fourth-order valence-corrected chi connectivity index (χ4v) is 1.48. The minimum Gasteiger partial charge on any atom is -0.305 e. The van der Waals surface area contributed by atoms with Gasteiger partial charge in [0.15, 0.2) is 11.1 Å². The molecule has 4 nitrogen and oxygen atoms in total. The molecule has 0 aromatic rings. The standard InChI is InChI=1S/C5H9NO3S/c7-3-5-1-6(2-5)4-10(8)9/h3,5H,1-2,4H2,(H,8,9). The minimum absolute atomic E-state index is 0.0866. The monoisotopic (exact) mass is 163 g/mol. The third-order valence-corrected chi connectivity index (χ3v) is 2.06. The lowest BCUT2D eigenvalue weighted by atomic mass is 10.0. The van der Waals surface area contributed by atoms with Crippen molar-refractivity contribution in [3.63, 3.8) is 0 Å². The molecule has 1 saturated heterocycles. The van der Waals surface area contributed by atoms with Gasteiger partial charge in [-0.3, -0.25) is 4.90 Å². The second kappa shape index (κ2) is 3.23. The number of hydrogen-bond acceptors (Lipinski definition) is 3. The zero-order valence-corrected chi connectivity index (χ0v) is 6.21. The van der Waals surface area contributed by atoms with E-state index in [1.165, 1.54) is 0 Å². The Kier molecular flexibility index (Phi) is 2.53. The van der Waals surface area contributed by atoms with E-state index in [1.54, 1.807) is 4.90 Å². The van der Waals surface area contributed by atoms with E-state index in [9.17, 15) is 9.00 Å². The molecular formula is C5H9NO3S. The van der Waals surface area contributed by atoms with Gasteiger partial charge >= 0.3 is 0 Å². The van der Waals surface area contributed by atoms with Crippen molar-refractivity contribution >= 4 is 17.4 Å². The number of nitrogens with zero attached hydrogens (tertiary/aromatic N) is 1. The van der Waals surface area contributed by atoms with E-state index >= 15 is 0 Å². The third kappa shape index (κ3) is 1.86. The molecule has 1 atom stereocenters. The molecule has 1 N–H and O–H groups in total. The molecule has 1 aliphatic heterocycles. The summed E-state index contributed by atoms with van der Waals surface area (Å²) in [7, 11) is 0. The highest BCUT2D eigenvalue weighted by Crippen LogP contribution is 2.11. The Morgan fingerprint density at radius 3 is 2.70 bits per heavy atom. The van der Waals surface area contributed by atoms with Gasteiger partial charge in [0, 0.05) is 19.0 Å². The van der Waals surface area contributed by atoms with Gasteiger partial charge in [0.2, 0.25) is 0 Å². The predicted octanol–water partition coefficient (Wildman–Crippen LogP) is -0.704. The molecule has 58 valence electrons. The average Bonchev–Trinajstić information content (AvgIpc) is 1.76. The van der Waals surface area contributed by atoms with Crippen LogP contribution in [0.5, 0.6) is 0 Å². The first-order valence-electron chi connectivity index (χ1n) is 2.97. The Labute approximate surface area is 61.5 Å². The van der Waals surface area contributed by atoms with Crippen molar-refractivity contribution in [1.29, 1.82) is 0 Å².